The third kappa shape index (κ3) is 3.68. The van der Waals surface area contributed by atoms with Gasteiger partial charge in [-0.25, -0.2) is 0 Å². The van der Waals surface area contributed by atoms with Crippen LogP contribution in [-0.4, -0.2) is 63.4 Å². The summed E-state index contributed by atoms with van der Waals surface area (Å²) in [5.41, 5.74) is 0. The maximum absolute atomic E-state index is 12.3. The maximum atomic E-state index is 12.3. The molecule has 5 nitrogen and oxygen atoms in total. The molecule has 0 aliphatic carbocycles. The number of amides is 1. The summed E-state index contributed by atoms with van der Waals surface area (Å²) in [5.74, 6) is 1.36. The molecule has 2 heterocycles. The third-order valence-electron chi connectivity index (χ3n) is 4.34. The van der Waals surface area contributed by atoms with Crippen LogP contribution in [0, 0.1) is 11.8 Å². The Morgan fingerprint density at radius 2 is 2.37 bits per heavy atom. The predicted molar refractivity (Wildman–Crippen MR) is 73.0 cm³/mol. The van der Waals surface area contributed by atoms with Gasteiger partial charge in [0.25, 0.3) is 0 Å². The molecule has 0 aromatic carbocycles. The zero-order chi connectivity index (χ0) is 13.7. The molecule has 2 fully saturated rings. The summed E-state index contributed by atoms with van der Waals surface area (Å²) in [6.07, 6.45) is 1.78. The van der Waals surface area contributed by atoms with E-state index in [1.165, 1.54) is 0 Å². The Labute approximate surface area is 115 Å². The van der Waals surface area contributed by atoms with Gasteiger partial charge in [-0.3, -0.25) is 4.79 Å². The van der Waals surface area contributed by atoms with Gasteiger partial charge in [-0.1, -0.05) is 0 Å². The highest BCUT2D eigenvalue weighted by Crippen LogP contribution is 2.33. The van der Waals surface area contributed by atoms with E-state index in [9.17, 15) is 4.79 Å². The van der Waals surface area contributed by atoms with Crippen LogP contribution >= 0.6 is 0 Å². The van der Waals surface area contributed by atoms with Crippen LogP contribution in [-0.2, 0) is 14.3 Å². The molecule has 1 amide bonds. The fraction of sp³-hybridized carbons (Fsp3) is 0.929. The second kappa shape index (κ2) is 7.22. The van der Waals surface area contributed by atoms with Crippen LogP contribution in [0.1, 0.15) is 19.8 Å². The average Bonchev–Trinajstić information content (AvgIpc) is 2.83. The Morgan fingerprint density at radius 3 is 3.11 bits per heavy atom. The summed E-state index contributed by atoms with van der Waals surface area (Å²) in [5, 5.41) is 3.40. The molecule has 110 valence electrons. The predicted octanol–water partition coefficient (Wildman–Crippen LogP) is 0.496. The van der Waals surface area contributed by atoms with E-state index in [0.29, 0.717) is 31.4 Å². The molecule has 3 atom stereocenters. The Morgan fingerprint density at radius 1 is 1.53 bits per heavy atom. The minimum Gasteiger partial charge on any atom is -0.383 e. The number of rotatable bonds is 6. The van der Waals surface area contributed by atoms with Gasteiger partial charge in [0.1, 0.15) is 0 Å². The third-order valence-corrected chi connectivity index (χ3v) is 4.34. The second-order valence-corrected chi connectivity index (χ2v) is 5.46. The summed E-state index contributed by atoms with van der Waals surface area (Å²) in [4.78, 5) is 14.1. The molecular weight excluding hydrogens is 244 g/mol. The number of methoxy groups -OCH3 is 1. The SMILES string of the molecule is CCN(CCOC)C(=O)C[C@@H]1OC[C@H]2CNCC[C@H]21. The molecule has 0 aromatic heterocycles. The van der Waals surface area contributed by atoms with Crippen molar-refractivity contribution in [3.8, 4) is 0 Å². The van der Waals surface area contributed by atoms with Crippen molar-refractivity contribution in [3.63, 3.8) is 0 Å². The van der Waals surface area contributed by atoms with Gasteiger partial charge in [-0.15, -0.1) is 0 Å². The minimum absolute atomic E-state index is 0.121. The van der Waals surface area contributed by atoms with Crippen molar-refractivity contribution in [3.05, 3.63) is 0 Å². The largest absolute Gasteiger partial charge is 0.383 e. The first kappa shape index (κ1) is 14.8. The first-order valence-corrected chi connectivity index (χ1v) is 7.35. The lowest BCUT2D eigenvalue weighted by Gasteiger charge is -2.29. The van der Waals surface area contributed by atoms with E-state index in [4.69, 9.17) is 9.47 Å². The van der Waals surface area contributed by atoms with E-state index in [1.54, 1.807) is 7.11 Å². The number of hydrogen-bond donors (Lipinski definition) is 1. The number of likely N-dealkylation sites (N-methyl/N-ethyl adjacent to an activating group) is 1. The number of carbonyl (C=O) groups is 1. The van der Waals surface area contributed by atoms with Crippen LogP contribution in [0.25, 0.3) is 0 Å². The molecule has 0 aromatic rings. The normalized spacial score (nSPS) is 30.1. The van der Waals surface area contributed by atoms with E-state index < -0.39 is 0 Å². The summed E-state index contributed by atoms with van der Waals surface area (Å²) in [6, 6.07) is 0. The fourth-order valence-electron chi connectivity index (χ4n) is 3.16. The van der Waals surface area contributed by atoms with Crippen molar-refractivity contribution >= 4 is 5.91 Å². The molecule has 2 saturated heterocycles. The smallest absolute Gasteiger partial charge is 0.225 e. The number of ether oxygens (including phenoxy) is 2. The Balaban J connectivity index is 1.84. The second-order valence-electron chi connectivity index (χ2n) is 5.46. The Bertz CT molecular complexity index is 298. The molecule has 0 bridgehead atoms. The van der Waals surface area contributed by atoms with Crippen molar-refractivity contribution < 1.29 is 14.3 Å². The maximum Gasteiger partial charge on any atom is 0.225 e. The molecule has 5 heteroatoms. The van der Waals surface area contributed by atoms with Crippen molar-refractivity contribution in [2.24, 2.45) is 11.8 Å². The monoisotopic (exact) mass is 270 g/mol. The van der Waals surface area contributed by atoms with Gasteiger partial charge in [-0.2, -0.15) is 0 Å². The zero-order valence-corrected chi connectivity index (χ0v) is 12.1. The van der Waals surface area contributed by atoms with Crippen LogP contribution in [0.5, 0.6) is 0 Å². The minimum atomic E-state index is 0.121. The molecule has 2 aliphatic heterocycles. The Hall–Kier alpha value is -0.650. The highest BCUT2D eigenvalue weighted by atomic mass is 16.5. The highest BCUT2D eigenvalue weighted by molar-refractivity contribution is 5.76. The number of piperidine rings is 1. The van der Waals surface area contributed by atoms with Gasteiger partial charge in [0, 0.05) is 32.7 Å². The van der Waals surface area contributed by atoms with Crippen LogP contribution in [0.2, 0.25) is 0 Å². The zero-order valence-electron chi connectivity index (χ0n) is 12.1. The van der Waals surface area contributed by atoms with Crippen LogP contribution < -0.4 is 5.32 Å². The summed E-state index contributed by atoms with van der Waals surface area (Å²) in [6.45, 7) is 6.92. The number of fused-ring (bicyclic) bond motifs is 1. The lowest BCUT2D eigenvalue weighted by Crippen LogP contribution is -2.40. The highest BCUT2D eigenvalue weighted by Gasteiger charge is 2.39. The van der Waals surface area contributed by atoms with Gasteiger partial charge in [0.15, 0.2) is 0 Å². The van der Waals surface area contributed by atoms with Gasteiger partial charge in [-0.05, 0) is 25.8 Å². The molecule has 2 rings (SSSR count). The lowest BCUT2D eigenvalue weighted by atomic mass is 9.84. The lowest BCUT2D eigenvalue weighted by molar-refractivity contribution is -0.134. The van der Waals surface area contributed by atoms with Gasteiger partial charge >= 0.3 is 0 Å². The van der Waals surface area contributed by atoms with Crippen molar-refractivity contribution in [1.29, 1.82) is 0 Å². The Kier molecular flexibility index (Phi) is 5.60. The van der Waals surface area contributed by atoms with Crippen molar-refractivity contribution in [2.75, 3.05) is 46.5 Å². The average molecular weight is 270 g/mol. The number of carbonyl (C=O) groups excluding carboxylic acids is 1. The standard InChI is InChI=1S/C14H26N2O3/c1-3-16(6-7-18-2)14(17)8-13-12-4-5-15-9-11(12)10-19-13/h11-13,15H,3-10H2,1-2H3/t11-,12-,13+/m1/s1. The fourth-order valence-corrected chi connectivity index (χ4v) is 3.16. The van der Waals surface area contributed by atoms with Crippen molar-refractivity contribution in [2.45, 2.75) is 25.9 Å². The van der Waals surface area contributed by atoms with E-state index in [2.05, 4.69) is 5.32 Å². The molecule has 0 spiro atoms. The van der Waals surface area contributed by atoms with Crippen molar-refractivity contribution in [1.82, 2.24) is 10.2 Å². The molecule has 19 heavy (non-hydrogen) atoms. The van der Waals surface area contributed by atoms with Gasteiger partial charge in [0.05, 0.1) is 25.7 Å². The van der Waals surface area contributed by atoms with E-state index in [-0.39, 0.29) is 12.0 Å². The number of hydrogen-bond acceptors (Lipinski definition) is 4. The van der Waals surface area contributed by atoms with E-state index >= 15 is 0 Å². The van der Waals surface area contributed by atoms with Crippen LogP contribution in [0.4, 0.5) is 0 Å². The molecule has 0 saturated carbocycles. The molecule has 1 N–H and O–H groups in total. The molecule has 0 unspecified atom stereocenters. The first-order chi connectivity index (χ1) is 9.26. The number of nitrogens with zero attached hydrogens (tertiary/aromatic N) is 1. The number of nitrogens with one attached hydrogen (secondary N) is 1. The molecule has 0 radical (unpaired) electrons. The molecular formula is C14H26N2O3. The van der Waals surface area contributed by atoms with Crippen LogP contribution in [0.3, 0.4) is 0 Å². The van der Waals surface area contributed by atoms with Gasteiger partial charge in [0.2, 0.25) is 5.91 Å². The van der Waals surface area contributed by atoms with E-state index in [1.807, 2.05) is 11.8 Å². The topological polar surface area (TPSA) is 50.8 Å². The quantitative estimate of drug-likeness (QED) is 0.763. The molecule has 2 aliphatic rings. The van der Waals surface area contributed by atoms with Gasteiger partial charge < -0.3 is 19.7 Å². The summed E-state index contributed by atoms with van der Waals surface area (Å²) < 4.78 is 10.9. The first-order valence-electron chi connectivity index (χ1n) is 7.35. The summed E-state index contributed by atoms with van der Waals surface area (Å²) >= 11 is 0. The van der Waals surface area contributed by atoms with Crippen LogP contribution in [0.15, 0.2) is 0 Å². The summed E-state index contributed by atoms with van der Waals surface area (Å²) in [7, 11) is 1.66. The van der Waals surface area contributed by atoms with E-state index in [0.717, 1.165) is 32.7 Å².